The van der Waals surface area contributed by atoms with Gasteiger partial charge in [-0.25, -0.2) is 0 Å². The highest BCUT2D eigenvalue weighted by Gasteiger charge is 2.05. The monoisotopic (exact) mass is 263 g/mol. The summed E-state index contributed by atoms with van der Waals surface area (Å²) < 4.78 is 0. The number of anilines is 1. The minimum atomic E-state index is -0.162. The van der Waals surface area contributed by atoms with E-state index in [2.05, 4.69) is 15.6 Å². The second-order valence-corrected chi connectivity index (χ2v) is 4.53. The number of aromatic amines is 1. The molecule has 0 atom stereocenters. The molecular weight excluding hydrogens is 250 g/mol. The first kappa shape index (κ1) is 12.4. The Balaban J connectivity index is 1.96. The van der Waals surface area contributed by atoms with Crippen molar-refractivity contribution in [3.63, 3.8) is 0 Å². The molecule has 0 aliphatic heterocycles. The zero-order chi connectivity index (χ0) is 13.0. The van der Waals surface area contributed by atoms with Crippen molar-refractivity contribution in [3.8, 4) is 0 Å². The summed E-state index contributed by atoms with van der Waals surface area (Å²) in [7, 11) is 1.82. The predicted octanol–water partition coefficient (Wildman–Crippen LogP) is 1.41. The number of rotatable bonds is 4. The maximum absolute atomic E-state index is 11.8. The molecule has 0 bridgehead atoms. The van der Waals surface area contributed by atoms with E-state index in [1.165, 1.54) is 0 Å². The number of amides is 1. The van der Waals surface area contributed by atoms with Crippen LogP contribution in [0.25, 0.3) is 0 Å². The SMILES string of the molecule is CNc1ccc(C(=O)NCc2csc(=O)[nH]2)cc1. The van der Waals surface area contributed by atoms with Crippen LogP contribution in [0, 0.1) is 0 Å². The Labute approximate surface area is 108 Å². The third kappa shape index (κ3) is 2.98. The molecule has 5 nitrogen and oxygen atoms in total. The number of nitrogens with one attached hydrogen (secondary N) is 3. The van der Waals surface area contributed by atoms with Crippen molar-refractivity contribution in [2.45, 2.75) is 6.54 Å². The summed E-state index contributed by atoms with van der Waals surface area (Å²) >= 11 is 1.09. The van der Waals surface area contributed by atoms with Gasteiger partial charge < -0.3 is 15.6 Å². The number of hydrogen-bond acceptors (Lipinski definition) is 4. The van der Waals surface area contributed by atoms with E-state index in [-0.39, 0.29) is 10.8 Å². The van der Waals surface area contributed by atoms with Gasteiger partial charge in [-0.2, -0.15) is 0 Å². The molecule has 18 heavy (non-hydrogen) atoms. The first-order valence-electron chi connectivity index (χ1n) is 5.42. The van der Waals surface area contributed by atoms with Gasteiger partial charge in [0, 0.05) is 29.4 Å². The van der Waals surface area contributed by atoms with E-state index < -0.39 is 0 Å². The fourth-order valence-electron chi connectivity index (χ4n) is 1.47. The van der Waals surface area contributed by atoms with Crippen LogP contribution in [0.4, 0.5) is 5.69 Å². The molecule has 2 aromatic rings. The number of benzene rings is 1. The molecule has 1 amide bonds. The van der Waals surface area contributed by atoms with Gasteiger partial charge in [-0.05, 0) is 24.3 Å². The van der Waals surface area contributed by atoms with Crippen LogP contribution in [0.1, 0.15) is 16.1 Å². The normalized spacial score (nSPS) is 10.1. The number of aromatic nitrogens is 1. The lowest BCUT2D eigenvalue weighted by Gasteiger charge is -2.05. The Kier molecular flexibility index (Phi) is 3.78. The molecular formula is C12H13N3O2S. The molecule has 6 heteroatoms. The first-order chi connectivity index (χ1) is 8.69. The van der Waals surface area contributed by atoms with Crippen molar-refractivity contribution in [1.82, 2.24) is 10.3 Å². The van der Waals surface area contributed by atoms with Gasteiger partial charge in [-0.1, -0.05) is 11.3 Å². The zero-order valence-electron chi connectivity index (χ0n) is 9.82. The Hall–Kier alpha value is -2.08. The molecule has 3 N–H and O–H groups in total. The van der Waals surface area contributed by atoms with Crippen molar-refractivity contribution >= 4 is 22.9 Å². The quantitative estimate of drug-likeness (QED) is 0.780. The average Bonchev–Trinajstić information content (AvgIpc) is 2.82. The van der Waals surface area contributed by atoms with Crippen LogP contribution in [0.5, 0.6) is 0 Å². The van der Waals surface area contributed by atoms with Crippen LogP contribution in [0.15, 0.2) is 34.4 Å². The molecule has 0 saturated heterocycles. The molecule has 94 valence electrons. The molecule has 2 rings (SSSR count). The second-order valence-electron chi connectivity index (χ2n) is 3.68. The number of thiazole rings is 1. The standard InChI is InChI=1S/C12H13N3O2S/c1-13-9-4-2-8(3-5-9)11(16)14-6-10-7-18-12(17)15-10/h2-5,7,13H,6H2,1H3,(H,14,16)(H,15,17). The number of carbonyl (C=O) groups excluding carboxylic acids is 1. The number of hydrogen-bond donors (Lipinski definition) is 3. The molecule has 0 aliphatic rings. The minimum absolute atomic E-state index is 0.113. The van der Waals surface area contributed by atoms with Gasteiger partial charge in [0.1, 0.15) is 0 Å². The summed E-state index contributed by atoms with van der Waals surface area (Å²) in [6.45, 7) is 0.325. The van der Waals surface area contributed by atoms with Gasteiger partial charge in [-0.3, -0.25) is 9.59 Å². The van der Waals surface area contributed by atoms with Crippen molar-refractivity contribution in [2.75, 3.05) is 12.4 Å². The molecule has 0 radical (unpaired) electrons. The second kappa shape index (κ2) is 5.50. The summed E-state index contributed by atoms with van der Waals surface area (Å²) in [6, 6.07) is 7.16. The van der Waals surface area contributed by atoms with Crippen molar-refractivity contribution in [2.24, 2.45) is 0 Å². The van der Waals surface area contributed by atoms with Gasteiger partial charge >= 0.3 is 4.87 Å². The molecule has 1 aromatic heterocycles. The van der Waals surface area contributed by atoms with Gasteiger partial charge in [0.05, 0.1) is 6.54 Å². The first-order valence-corrected chi connectivity index (χ1v) is 6.29. The smallest absolute Gasteiger partial charge is 0.304 e. The molecule has 0 fully saturated rings. The topological polar surface area (TPSA) is 74.0 Å². The van der Waals surface area contributed by atoms with Gasteiger partial charge in [0.25, 0.3) is 5.91 Å². The third-order valence-electron chi connectivity index (χ3n) is 2.45. The molecule has 1 aromatic carbocycles. The van der Waals surface area contributed by atoms with E-state index in [0.717, 1.165) is 17.0 Å². The molecule has 0 saturated carbocycles. The maximum Gasteiger partial charge on any atom is 0.304 e. The molecule has 0 spiro atoms. The fraction of sp³-hybridized carbons (Fsp3) is 0.167. The van der Waals surface area contributed by atoms with E-state index in [4.69, 9.17) is 0 Å². The average molecular weight is 263 g/mol. The third-order valence-corrected chi connectivity index (χ3v) is 3.16. The summed E-state index contributed by atoms with van der Waals surface area (Å²) in [5.41, 5.74) is 2.26. The Morgan fingerprint density at radius 1 is 1.33 bits per heavy atom. The fourth-order valence-corrected chi connectivity index (χ4v) is 2.05. The largest absolute Gasteiger partial charge is 0.388 e. The van der Waals surface area contributed by atoms with Gasteiger partial charge in [-0.15, -0.1) is 0 Å². The molecule has 0 aliphatic carbocycles. The van der Waals surface area contributed by atoms with Crippen LogP contribution in [0.2, 0.25) is 0 Å². The summed E-state index contributed by atoms with van der Waals surface area (Å²) in [5.74, 6) is -0.162. The lowest BCUT2D eigenvalue weighted by atomic mass is 10.2. The highest BCUT2D eigenvalue weighted by atomic mass is 32.1. The molecule has 0 unspecified atom stereocenters. The molecule has 1 heterocycles. The van der Waals surface area contributed by atoms with Crippen molar-refractivity contribution in [1.29, 1.82) is 0 Å². The van der Waals surface area contributed by atoms with E-state index in [0.29, 0.717) is 17.8 Å². The van der Waals surface area contributed by atoms with Crippen LogP contribution in [-0.4, -0.2) is 17.9 Å². The van der Waals surface area contributed by atoms with Gasteiger partial charge in [0.15, 0.2) is 0 Å². The van der Waals surface area contributed by atoms with Crippen molar-refractivity contribution in [3.05, 3.63) is 50.6 Å². The van der Waals surface area contributed by atoms with E-state index >= 15 is 0 Å². The van der Waals surface area contributed by atoms with Crippen LogP contribution >= 0.6 is 11.3 Å². The van der Waals surface area contributed by atoms with Crippen LogP contribution < -0.4 is 15.5 Å². The van der Waals surface area contributed by atoms with E-state index in [9.17, 15) is 9.59 Å². The summed E-state index contributed by atoms with van der Waals surface area (Å²) in [6.07, 6.45) is 0. The summed E-state index contributed by atoms with van der Waals surface area (Å²) in [4.78, 5) is 25.2. The highest BCUT2D eigenvalue weighted by Crippen LogP contribution is 2.08. The number of carbonyl (C=O) groups is 1. The minimum Gasteiger partial charge on any atom is -0.388 e. The summed E-state index contributed by atoms with van der Waals surface area (Å²) in [5, 5.41) is 7.43. The van der Waals surface area contributed by atoms with Crippen molar-refractivity contribution < 1.29 is 4.79 Å². The van der Waals surface area contributed by atoms with Crippen LogP contribution in [0.3, 0.4) is 0 Å². The Morgan fingerprint density at radius 2 is 2.06 bits per heavy atom. The van der Waals surface area contributed by atoms with Gasteiger partial charge in [0.2, 0.25) is 0 Å². The van der Waals surface area contributed by atoms with E-state index in [1.54, 1.807) is 17.5 Å². The van der Waals surface area contributed by atoms with E-state index in [1.807, 2.05) is 19.2 Å². The van der Waals surface area contributed by atoms with Crippen LogP contribution in [-0.2, 0) is 6.54 Å². The lowest BCUT2D eigenvalue weighted by Crippen LogP contribution is -2.23. The highest BCUT2D eigenvalue weighted by molar-refractivity contribution is 7.07. The Bertz CT molecular complexity index is 586. The predicted molar refractivity (Wildman–Crippen MR) is 72.1 cm³/mol. The zero-order valence-corrected chi connectivity index (χ0v) is 10.6. The lowest BCUT2D eigenvalue weighted by molar-refractivity contribution is 0.0950. The maximum atomic E-state index is 11.8. The Morgan fingerprint density at radius 3 is 2.61 bits per heavy atom. The number of H-pyrrole nitrogens is 1.